The Balaban J connectivity index is 1.50. The van der Waals surface area contributed by atoms with Crippen LogP contribution in [0.1, 0.15) is 16.7 Å². The molecular weight excluding hydrogens is 504 g/mol. The molecule has 4 N–H and O–H groups in total. The number of methoxy groups -OCH3 is 1. The molecule has 0 spiro atoms. The van der Waals surface area contributed by atoms with Gasteiger partial charge in [0.05, 0.1) is 25.9 Å². The smallest absolute Gasteiger partial charge is 0.330 e. The fourth-order valence-electron chi connectivity index (χ4n) is 4.21. The number of amidine groups is 1. The largest absolute Gasteiger partial charge is 0.497 e. The molecule has 0 aliphatic carbocycles. The second kappa shape index (κ2) is 12.0. The molecule has 0 unspecified atom stereocenters. The van der Waals surface area contributed by atoms with Gasteiger partial charge in [0, 0.05) is 17.4 Å². The molecule has 3 aromatic carbocycles. The van der Waals surface area contributed by atoms with Gasteiger partial charge in [-0.25, -0.2) is 4.79 Å². The Morgan fingerprint density at radius 1 is 0.925 bits per heavy atom. The third-order valence-corrected chi connectivity index (χ3v) is 6.35. The summed E-state index contributed by atoms with van der Waals surface area (Å²) >= 11 is 0. The number of nitrogen functional groups attached to an aromatic ring is 1. The van der Waals surface area contributed by atoms with E-state index in [2.05, 4.69) is 15.3 Å². The van der Waals surface area contributed by atoms with Gasteiger partial charge >= 0.3 is 5.69 Å². The number of nitrogens with zero attached hydrogens (tertiary/aromatic N) is 3. The number of aromatic amines is 1. The summed E-state index contributed by atoms with van der Waals surface area (Å²) in [6, 6.07) is 30.3. The highest BCUT2D eigenvalue weighted by Crippen LogP contribution is 2.19. The maximum absolute atomic E-state index is 13.1. The van der Waals surface area contributed by atoms with Crippen molar-refractivity contribution in [3.05, 3.63) is 141 Å². The van der Waals surface area contributed by atoms with Crippen LogP contribution in [0.5, 0.6) is 5.75 Å². The number of hydrogen-bond acceptors (Lipinski definition) is 6. The fourth-order valence-corrected chi connectivity index (χ4v) is 4.21. The highest BCUT2D eigenvalue weighted by Gasteiger charge is 2.18. The lowest BCUT2D eigenvalue weighted by atomic mass is 10.1. The van der Waals surface area contributed by atoms with Gasteiger partial charge in [-0.3, -0.25) is 24.3 Å². The Bertz CT molecular complexity index is 1730. The SMILES string of the molecule is COc1ccc(Cn2c(N)c(C(=NCc3ccc(-c4ccccn4)cc3)Nc3ccccc3)c(=O)[nH]c2=O)cc1. The Morgan fingerprint density at radius 2 is 1.62 bits per heavy atom. The summed E-state index contributed by atoms with van der Waals surface area (Å²) < 4.78 is 6.54. The van der Waals surface area contributed by atoms with Crippen LogP contribution in [0.25, 0.3) is 11.3 Å². The summed E-state index contributed by atoms with van der Waals surface area (Å²) in [6.07, 6.45) is 1.76. The fraction of sp³-hybridized carbons (Fsp3) is 0.0968. The summed E-state index contributed by atoms with van der Waals surface area (Å²) in [5, 5.41) is 3.22. The van der Waals surface area contributed by atoms with E-state index in [0.29, 0.717) is 5.75 Å². The number of para-hydroxylation sites is 1. The van der Waals surface area contributed by atoms with Crippen LogP contribution in [0, 0.1) is 0 Å². The lowest BCUT2D eigenvalue weighted by molar-refractivity contribution is 0.414. The molecule has 0 radical (unpaired) electrons. The molecule has 2 aromatic heterocycles. The van der Waals surface area contributed by atoms with Crippen molar-refractivity contribution in [1.29, 1.82) is 0 Å². The molecule has 0 amide bonds. The number of rotatable bonds is 8. The van der Waals surface area contributed by atoms with Crippen LogP contribution in [-0.2, 0) is 13.1 Å². The van der Waals surface area contributed by atoms with Gasteiger partial charge in [-0.15, -0.1) is 0 Å². The number of pyridine rings is 1. The van der Waals surface area contributed by atoms with E-state index in [1.54, 1.807) is 25.4 Å². The monoisotopic (exact) mass is 532 g/mol. The number of aromatic nitrogens is 3. The Hall–Kier alpha value is -5.44. The average molecular weight is 533 g/mol. The van der Waals surface area contributed by atoms with Crippen LogP contribution in [0.2, 0.25) is 0 Å². The average Bonchev–Trinajstić information content (AvgIpc) is 2.99. The molecule has 0 aliphatic rings. The van der Waals surface area contributed by atoms with Gasteiger partial charge in [0.1, 0.15) is 23.0 Å². The summed E-state index contributed by atoms with van der Waals surface area (Å²) in [6.45, 7) is 0.431. The van der Waals surface area contributed by atoms with Gasteiger partial charge in [-0.05, 0) is 47.5 Å². The first kappa shape index (κ1) is 26.2. The van der Waals surface area contributed by atoms with Crippen LogP contribution in [-0.4, -0.2) is 27.5 Å². The zero-order valence-electron chi connectivity index (χ0n) is 21.9. The lowest BCUT2D eigenvalue weighted by Crippen LogP contribution is -2.38. The maximum Gasteiger partial charge on any atom is 0.330 e. The van der Waals surface area contributed by atoms with E-state index in [1.807, 2.05) is 84.9 Å². The standard InChI is InChI=1S/C31H28N6O3/c1-40-25-16-12-22(13-17-25)20-37-28(32)27(30(38)36-31(37)39)29(35-24-7-3-2-4-8-24)34-19-21-10-14-23(15-11-21)26-9-5-6-18-33-26/h2-18H,19-20,32H2,1H3,(H,34,35)(H,36,38,39). The van der Waals surface area contributed by atoms with Gasteiger partial charge < -0.3 is 15.8 Å². The minimum Gasteiger partial charge on any atom is -0.497 e. The highest BCUT2D eigenvalue weighted by atomic mass is 16.5. The van der Waals surface area contributed by atoms with Gasteiger partial charge in [-0.2, -0.15) is 0 Å². The summed E-state index contributed by atoms with van der Waals surface area (Å²) in [7, 11) is 1.58. The van der Waals surface area contributed by atoms with Gasteiger partial charge in [-0.1, -0.05) is 60.7 Å². The molecule has 2 heterocycles. The van der Waals surface area contributed by atoms with Crippen molar-refractivity contribution >= 4 is 17.3 Å². The zero-order valence-corrected chi connectivity index (χ0v) is 21.9. The minimum atomic E-state index is -0.624. The molecule has 5 aromatic rings. The van der Waals surface area contributed by atoms with E-state index in [4.69, 9.17) is 15.5 Å². The molecule has 9 heteroatoms. The first-order chi connectivity index (χ1) is 19.5. The van der Waals surface area contributed by atoms with Gasteiger partial charge in [0.25, 0.3) is 5.56 Å². The van der Waals surface area contributed by atoms with Gasteiger partial charge in [0.15, 0.2) is 0 Å². The Labute approximate surface area is 230 Å². The molecule has 0 saturated heterocycles. The number of aliphatic imine (C=N–C) groups is 1. The predicted octanol–water partition coefficient (Wildman–Crippen LogP) is 4.30. The van der Waals surface area contributed by atoms with Crippen molar-refractivity contribution in [1.82, 2.24) is 14.5 Å². The number of nitrogens with one attached hydrogen (secondary N) is 2. The Morgan fingerprint density at radius 3 is 2.30 bits per heavy atom. The number of ether oxygens (including phenoxy) is 1. The maximum atomic E-state index is 13.1. The van der Waals surface area contributed by atoms with E-state index in [1.165, 1.54) is 4.57 Å². The first-order valence-corrected chi connectivity index (χ1v) is 12.6. The van der Waals surface area contributed by atoms with Crippen LogP contribution in [0.3, 0.4) is 0 Å². The van der Waals surface area contributed by atoms with E-state index in [-0.39, 0.29) is 30.3 Å². The number of H-pyrrole nitrogens is 1. The third-order valence-electron chi connectivity index (χ3n) is 6.35. The van der Waals surface area contributed by atoms with E-state index in [0.717, 1.165) is 28.1 Å². The molecule has 0 fully saturated rings. The van der Waals surface area contributed by atoms with E-state index in [9.17, 15) is 9.59 Å². The molecular formula is C31H28N6O3. The summed E-state index contributed by atoms with van der Waals surface area (Å²) in [4.78, 5) is 37.4. The van der Waals surface area contributed by atoms with Crippen LogP contribution < -0.4 is 27.0 Å². The quantitative estimate of drug-likeness (QED) is 0.202. The summed E-state index contributed by atoms with van der Waals surface area (Å²) in [5.41, 5.74) is 9.67. The molecule has 0 aliphatic heterocycles. The zero-order chi connectivity index (χ0) is 27.9. The van der Waals surface area contributed by atoms with Crippen molar-refractivity contribution in [3.8, 4) is 17.0 Å². The minimum absolute atomic E-state index is 0.0113. The number of nitrogens with two attached hydrogens (primary N) is 1. The molecule has 0 bridgehead atoms. The Kier molecular flexibility index (Phi) is 7.82. The van der Waals surface area contributed by atoms with E-state index < -0.39 is 11.2 Å². The second-order valence-corrected chi connectivity index (χ2v) is 9.02. The highest BCUT2D eigenvalue weighted by molar-refractivity contribution is 6.10. The topological polar surface area (TPSA) is 127 Å². The lowest BCUT2D eigenvalue weighted by Gasteiger charge is -2.16. The first-order valence-electron chi connectivity index (χ1n) is 12.6. The molecule has 9 nitrogen and oxygen atoms in total. The molecule has 0 saturated carbocycles. The second-order valence-electron chi connectivity index (χ2n) is 9.02. The summed E-state index contributed by atoms with van der Waals surface area (Å²) in [5.74, 6) is 0.959. The van der Waals surface area contributed by atoms with Crippen molar-refractivity contribution in [2.75, 3.05) is 18.2 Å². The van der Waals surface area contributed by atoms with Crippen molar-refractivity contribution < 1.29 is 4.74 Å². The van der Waals surface area contributed by atoms with Crippen LogP contribution in [0.15, 0.2) is 118 Å². The van der Waals surface area contributed by atoms with Crippen molar-refractivity contribution in [2.45, 2.75) is 13.1 Å². The van der Waals surface area contributed by atoms with Crippen molar-refractivity contribution in [3.63, 3.8) is 0 Å². The molecule has 5 rings (SSSR count). The number of hydrogen-bond donors (Lipinski definition) is 3. The normalized spacial score (nSPS) is 11.3. The third kappa shape index (κ3) is 5.99. The molecule has 0 atom stereocenters. The molecule has 40 heavy (non-hydrogen) atoms. The van der Waals surface area contributed by atoms with E-state index >= 15 is 0 Å². The van der Waals surface area contributed by atoms with Crippen molar-refractivity contribution in [2.24, 2.45) is 4.99 Å². The number of benzene rings is 3. The van der Waals surface area contributed by atoms with Crippen LogP contribution in [0.4, 0.5) is 11.5 Å². The molecule has 200 valence electrons. The number of anilines is 2. The predicted molar refractivity (Wildman–Crippen MR) is 158 cm³/mol. The van der Waals surface area contributed by atoms with Crippen LogP contribution >= 0.6 is 0 Å². The van der Waals surface area contributed by atoms with Gasteiger partial charge in [0.2, 0.25) is 0 Å².